The Balaban J connectivity index is 2.27. The topological polar surface area (TPSA) is 102 Å². The minimum absolute atomic E-state index is 0.133. The Kier molecular flexibility index (Phi) is 3.15. The van der Waals surface area contributed by atoms with Gasteiger partial charge in [-0.15, -0.1) is 0 Å². The lowest BCUT2D eigenvalue weighted by Gasteiger charge is -2.02. The molecule has 0 saturated carbocycles. The lowest BCUT2D eigenvalue weighted by atomic mass is 10.4. The molecule has 2 rings (SSSR count). The molecule has 2 aromatic heterocycles. The number of rotatable bonds is 4. The van der Waals surface area contributed by atoms with E-state index in [0.717, 1.165) is 0 Å². The number of carbonyl (C=O) groups excluding carboxylic acids is 1. The number of hydrogen-bond acceptors (Lipinski definition) is 6. The maximum atomic E-state index is 10.9. The Morgan fingerprint density at radius 3 is 3.06 bits per heavy atom. The number of imidazole rings is 1. The van der Waals surface area contributed by atoms with E-state index in [4.69, 9.17) is 9.94 Å². The van der Waals surface area contributed by atoms with Gasteiger partial charge in [0.15, 0.2) is 11.2 Å². The van der Waals surface area contributed by atoms with E-state index in [1.807, 2.05) is 0 Å². The number of hydroxylamine groups is 1. The van der Waals surface area contributed by atoms with Gasteiger partial charge in [-0.3, -0.25) is 10.0 Å². The number of ether oxygens (including phenoxy) is 1. The van der Waals surface area contributed by atoms with E-state index in [-0.39, 0.29) is 6.42 Å². The highest BCUT2D eigenvalue weighted by atomic mass is 16.5. The standard InChI is InChI=1S/C9H11N5O3/c1-17-9-7-8(10-4-11-9)14(5-12-7)3-2-6(15)13-16/h4-5,16H,2-3H2,1H3,(H,13,15). The van der Waals surface area contributed by atoms with Gasteiger partial charge >= 0.3 is 0 Å². The number of nitrogens with zero attached hydrogens (tertiary/aromatic N) is 4. The van der Waals surface area contributed by atoms with Gasteiger partial charge in [0.25, 0.3) is 0 Å². The van der Waals surface area contributed by atoms with Crippen LogP contribution in [0.15, 0.2) is 12.7 Å². The van der Waals surface area contributed by atoms with Crippen molar-refractivity contribution in [1.29, 1.82) is 0 Å². The van der Waals surface area contributed by atoms with Gasteiger partial charge in [-0.05, 0) is 0 Å². The van der Waals surface area contributed by atoms with Crippen molar-refractivity contribution in [3.63, 3.8) is 0 Å². The molecule has 2 heterocycles. The molecule has 2 N–H and O–H groups in total. The van der Waals surface area contributed by atoms with Crippen LogP contribution in [0.3, 0.4) is 0 Å². The highest BCUT2D eigenvalue weighted by Crippen LogP contribution is 2.18. The van der Waals surface area contributed by atoms with Crippen molar-refractivity contribution < 1.29 is 14.7 Å². The van der Waals surface area contributed by atoms with Crippen molar-refractivity contribution in [1.82, 2.24) is 25.0 Å². The third-order valence-electron chi connectivity index (χ3n) is 2.27. The summed E-state index contributed by atoms with van der Waals surface area (Å²) in [5.74, 6) is -0.0757. The highest BCUT2D eigenvalue weighted by Gasteiger charge is 2.10. The van der Waals surface area contributed by atoms with Crippen molar-refractivity contribution in [3.05, 3.63) is 12.7 Å². The fourth-order valence-corrected chi connectivity index (χ4v) is 1.45. The zero-order valence-corrected chi connectivity index (χ0v) is 9.12. The lowest BCUT2D eigenvalue weighted by molar-refractivity contribution is -0.129. The van der Waals surface area contributed by atoms with E-state index >= 15 is 0 Å². The average Bonchev–Trinajstić information content (AvgIpc) is 2.78. The van der Waals surface area contributed by atoms with Gasteiger partial charge in [0, 0.05) is 13.0 Å². The fraction of sp³-hybridized carbons (Fsp3) is 0.333. The number of methoxy groups -OCH3 is 1. The molecule has 90 valence electrons. The second-order valence-electron chi connectivity index (χ2n) is 3.28. The van der Waals surface area contributed by atoms with Gasteiger partial charge in [-0.1, -0.05) is 0 Å². The minimum atomic E-state index is -0.465. The predicted octanol–water partition coefficient (Wildman–Crippen LogP) is -0.270. The number of carbonyl (C=O) groups is 1. The zero-order valence-electron chi connectivity index (χ0n) is 9.12. The Morgan fingerprint density at radius 1 is 1.53 bits per heavy atom. The molecule has 0 aromatic carbocycles. The SMILES string of the molecule is COc1ncnc2c1ncn2CCC(=O)NO. The van der Waals surface area contributed by atoms with Crippen LogP contribution in [0, 0.1) is 0 Å². The van der Waals surface area contributed by atoms with Gasteiger partial charge in [-0.25, -0.2) is 15.4 Å². The largest absolute Gasteiger partial charge is 0.479 e. The summed E-state index contributed by atoms with van der Waals surface area (Å²) in [6, 6.07) is 0. The number of hydrogen-bond donors (Lipinski definition) is 2. The molecular weight excluding hydrogens is 226 g/mol. The Morgan fingerprint density at radius 2 is 2.35 bits per heavy atom. The number of fused-ring (bicyclic) bond motifs is 1. The molecule has 1 amide bonds. The molecule has 0 atom stereocenters. The maximum Gasteiger partial charge on any atom is 0.245 e. The van der Waals surface area contributed by atoms with Crippen LogP contribution in [0.2, 0.25) is 0 Å². The summed E-state index contributed by atoms with van der Waals surface area (Å²) in [6.45, 7) is 0.364. The number of aryl methyl sites for hydroxylation is 1. The molecule has 0 aliphatic heterocycles. The Hall–Kier alpha value is -2.22. The monoisotopic (exact) mass is 237 g/mol. The van der Waals surface area contributed by atoms with Crippen LogP contribution in [-0.4, -0.2) is 37.7 Å². The van der Waals surface area contributed by atoms with Crippen LogP contribution in [0.25, 0.3) is 11.2 Å². The first-order valence-electron chi connectivity index (χ1n) is 4.89. The summed E-state index contributed by atoms with van der Waals surface area (Å²) in [6.07, 6.45) is 3.05. The van der Waals surface area contributed by atoms with Crippen molar-refractivity contribution in [2.24, 2.45) is 0 Å². The van der Waals surface area contributed by atoms with Crippen LogP contribution in [-0.2, 0) is 11.3 Å². The Bertz CT molecular complexity index is 538. The van der Waals surface area contributed by atoms with Crippen LogP contribution >= 0.6 is 0 Å². The summed E-state index contributed by atoms with van der Waals surface area (Å²) < 4.78 is 6.73. The second kappa shape index (κ2) is 4.74. The van der Waals surface area contributed by atoms with E-state index in [0.29, 0.717) is 23.6 Å². The molecule has 0 unspecified atom stereocenters. The first-order valence-corrected chi connectivity index (χ1v) is 4.89. The minimum Gasteiger partial charge on any atom is -0.479 e. The fourth-order valence-electron chi connectivity index (χ4n) is 1.45. The van der Waals surface area contributed by atoms with Gasteiger partial charge in [0.05, 0.1) is 13.4 Å². The molecule has 0 radical (unpaired) electrons. The van der Waals surface area contributed by atoms with Gasteiger partial charge < -0.3 is 9.30 Å². The van der Waals surface area contributed by atoms with Crippen molar-refractivity contribution in [2.75, 3.05) is 7.11 Å². The lowest BCUT2D eigenvalue weighted by Crippen LogP contribution is -2.20. The number of aromatic nitrogens is 4. The molecule has 8 heteroatoms. The van der Waals surface area contributed by atoms with E-state index in [9.17, 15) is 4.79 Å². The molecular formula is C9H11N5O3. The van der Waals surface area contributed by atoms with E-state index in [2.05, 4.69) is 15.0 Å². The Labute approximate surface area is 96.2 Å². The summed E-state index contributed by atoms with van der Waals surface area (Å²) in [7, 11) is 1.50. The molecule has 0 aliphatic carbocycles. The van der Waals surface area contributed by atoms with Crippen LogP contribution < -0.4 is 10.2 Å². The molecule has 0 fully saturated rings. The van der Waals surface area contributed by atoms with Crippen LogP contribution in [0.5, 0.6) is 5.88 Å². The highest BCUT2D eigenvalue weighted by molar-refractivity contribution is 5.77. The van der Waals surface area contributed by atoms with Crippen LogP contribution in [0.4, 0.5) is 0 Å². The van der Waals surface area contributed by atoms with E-state index in [1.54, 1.807) is 16.4 Å². The summed E-state index contributed by atoms with van der Waals surface area (Å²) >= 11 is 0. The summed E-state index contributed by atoms with van der Waals surface area (Å²) in [5, 5.41) is 8.39. The third-order valence-corrected chi connectivity index (χ3v) is 2.27. The van der Waals surface area contributed by atoms with Crippen molar-refractivity contribution >= 4 is 17.1 Å². The zero-order chi connectivity index (χ0) is 12.3. The van der Waals surface area contributed by atoms with Gasteiger partial charge in [0.1, 0.15) is 6.33 Å². The molecule has 0 spiro atoms. The van der Waals surface area contributed by atoms with Gasteiger partial charge in [0.2, 0.25) is 11.8 Å². The van der Waals surface area contributed by atoms with E-state index < -0.39 is 5.91 Å². The predicted molar refractivity (Wildman–Crippen MR) is 56.4 cm³/mol. The summed E-state index contributed by atoms with van der Waals surface area (Å²) in [5.41, 5.74) is 2.69. The molecule has 0 aliphatic rings. The molecule has 8 nitrogen and oxygen atoms in total. The molecule has 0 saturated heterocycles. The number of amides is 1. The third kappa shape index (κ3) is 2.16. The van der Waals surface area contributed by atoms with Crippen molar-refractivity contribution in [3.8, 4) is 5.88 Å². The maximum absolute atomic E-state index is 10.9. The first kappa shape index (κ1) is 11.3. The van der Waals surface area contributed by atoms with Gasteiger partial charge in [-0.2, -0.15) is 4.98 Å². The quantitative estimate of drug-likeness (QED) is 0.560. The summed E-state index contributed by atoms with van der Waals surface area (Å²) in [4.78, 5) is 23.0. The van der Waals surface area contributed by atoms with Crippen molar-refractivity contribution in [2.45, 2.75) is 13.0 Å². The molecule has 17 heavy (non-hydrogen) atoms. The smallest absolute Gasteiger partial charge is 0.245 e. The van der Waals surface area contributed by atoms with E-state index in [1.165, 1.54) is 13.4 Å². The van der Waals surface area contributed by atoms with Crippen LogP contribution in [0.1, 0.15) is 6.42 Å². The first-order chi connectivity index (χ1) is 8.26. The second-order valence-corrected chi connectivity index (χ2v) is 3.28. The molecule has 0 bridgehead atoms. The number of nitrogens with one attached hydrogen (secondary N) is 1. The average molecular weight is 237 g/mol. The normalized spacial score (nSPS) is 10.5. The molecule has 2 aromatic rings.